The van der Waals surface area contributed by atoms with Gasteiger partial charge in [-0.2, -0.15) is 0 Å². The first kappa shape index (κ1) is 35.0. The van der Waals surface area contributed by atoms with Gasteiger partial charge in [0.05, 0.1) is 16.6 Å². The molecule has 0 radical (unpaired) electrons. The SMILES string of the molecule is CC(C)(C)c1cc(-c2ccccn2)[c-]c(-c2cccc3c2nc(-c2cc(Cc4ccccc4)cc(C(C)(C)C)c2O)n3-c2ccccc2)c1.[Pt]. The first-order chi connectivity index (χ1) is 23.5. The van der Waals surface area contributed by atoms with Crippen LogP contribution in [0.15, 0.2) is 128 Å². The van der Waals surface area contributed by atoms with Gasteiger partial charge in [0.25, 0.3) is 0 Å². The molecule has 5 heteroatoms. The molecule has 0 spiro atoms. The van der Waals surface area contributed by atoms with E-state index in [4.69, 9.17) is 4.98 Å². The number of pyridine rings is 1. The van der Waals surface area contributed by atoms with Gasteiger partial charge in [-0.15, -0.1) is 29.3 Å². The van der Waals surface area contributed by atoms with Gasteiger partial charge in [-0.25, -0.2) is 4.98 Å². The third-order valence-corrected chi connectivity index (χ3v) is 9.14. The second-order valence-corrected chi connectivity index (χ2v) is 14.9. The predicted molar refractivity (Wildman–Crippen MR) is 202 cm³/mol. The molecule has 4 nitrogen and oxygen atoms in total. The zero-order chi connectivity index (χ0) is 34.3. The van der Waals surface area contributed by atoms with E-state index in [-0.39, 0.29) is 37.6 Å². The van der Waals surface area contributed by atoms with Gasteiger partial charge in [-0.3, -0.25) is 9.55 Å². The van der Waals surface area contributed by atoms with Crippen molar-refractivity contribution >= 4 is 11.0 Å². The number of rotatable bonds is 6. The number of phenols is 1. The van der Waals surface area contributed by atoms with Crippen LogP contribution in [0, 0.1) is 6.07 Å². The Balaban J connectivity index is 0.00000432. The fourth-order valence-corrected chi connectivity index (χ4v) is 6.51. The number of fused-ring (bicyclic) bond motifs is 1. The summed E-state index contributed by atoms with van der Waals surface area (Å²) in [6.07, 6.45) is 2.57. The molecule has 7 aromatic rings. The van der Waals surface area contributed by atoms with Crippen molar-refractivity contribution in [1.82, 2.24) is 14.5 Å². The number of hydrogen-bond donors (Lipinski definition) is 1. The molecule has 0 fully saturated rings. The van der Waals surface area contributed by atoms with E-state index in [9.17, 15) is 5.11 Å². The van der Waals surface area contributed by atoms with Crippen molar-refractivity contribution in [2.75, 3.05) is 0 Å². The molecular weight excluding hydrogens is 794 g/mol. The van der Waals surface area contributed by atoms with Crippen LogP contribution in [0.3, 0.4) is 0 Å². The maximum Gasteiger partial charge on any atom is 0.148 e. The number of hydrogen-bond acceptors (Lipinski definition) is 3. The summed E-state index contributed by atoms with van der Waals surface area (Å²) in [5.41, 5.74) is 11.3. The van der Waals surface area contributed by atoms with Gasteiger partial charge in [0, 0.05) is 44.2 Å². The van der Waals surface area contributed by atoms with E-state index in [2.05, 4.69) is 136 Å². The average Bonchev–Trinajstić information content (AvgIpc) is 3.49. The van der Waals surface area contributed by atoms with Gasteiger partial charge < -0.3 is 5.11 Å². The van der Waals surface area contributed by atoms with Crippen LogP contribution in [0.2, 0.25) is 0 Å². The number of aromatic hydroxyl groups is 1. The Morgan fingerprint density at radius 1 is 0.660 bits per heavy atom. The summed E-state index contributed by atoms with van der Waals surface area (Å²) >= 11 is 0. The number of aromatic nitrogens is 3. The molecule has 50 heavy (non-hydrogen) atoms. The van der Waals surface area contributed by atoms with Crippen LogP contribution in [0.4, 0.5) is 0 Å². The van der Waals surface area contributed by atoms with Crippen LogP contribution in [-0.2, 0) is 38.3 Å². The van der Waals surface area contributed by atoms with Crippen molar-refractivity contribution in [2.45, 2.75) is 58.8 Å². The molecule has 2 heterocycles. The molecular formula is C45H42N3OPt-. The molecule has 0 aliphatic rings. The monoisotopic (exact) mass is 835 g/mol. The van der Waals surface area contributed by atoms with Crippen LogP contribution < -0.4 is 0 Å². The van der Waals surface area contributed by atoms with Gasteiger partial charge in [0.1, 0.15) is 11.6 Å². The summed E-state index contributed by atoms with van der Waals surface area (Å²) in [6, 6.07) is 45.5. The van der Waals surface area contributed by atoms with E-state index in [0.29, 0.717) is 11.4 Å². The molecule has 5 aromatic carbocycles. The Morgan fingerprint density at radius 2 is 1.34 bits per heavy atom. The largest absolute Gasteiger partial charge is 0.507 e. The Hall–Kier alpha value is -4.79. The number of imidazole rings is 1. The third kappa shape index (κ3) is 6.95. The van der Waals surface area contributed by atoms with Crippen molar-refractivity contribution in [1.29, 1.82) is 0 Å². The van der Waals surface area contributed by atoms with Crippen molar-refractivity contribution < 1.29 is 26.2 Å². The second-order valence-electron chi connectivity index (χ2n) is 14.9. The standard InChI is InChI=1S/C45H42N3O.Pt/c1-44(2,3)34-28-32(27-33(29-34)39-21-13-14-23-46-39)36-20-15-22-40-41(36)47-43(48(40)35-18-11-8-12-19-35)37-25-31(24-30-16-9-7-10-17-30)26-38(42(37)49)45(4,5)6;/h7-23,25-26,28-29,49H,24H2,1-6H3;/q-1;. The summed E-state index contributed by atoms with van der Waals surface area (Å²) in [4.78, 5) is 10.1. The van der Waals surface area contributed by atoms with Crippen molar-refractivity contribution in [3.63, 3.8) is 0 Å². The Labute approximate surface area is 310 Å². The molecule has 0 saturated carbocycles. The first-order valence-electron chi connectivity index (χ1n) is 16.9. The number of nitrogens with zero attached hydrogens (tertiary/aromatic N) is 3. The van der Waals surface area contributed by atoms with Gasteiger partial charge in [0.2, 0.25) is 0 Å². The van der Waals surface area contributed by atoms with Gasteiger partial charge in [-0.05, 0) is 58.7 Å². The van der Waals surface area contributed by atoms with Crippen molar-refractivity contribution in [2.24, 2.45) is 0 Å². The number of benzene rings is 5. The maximum absolute atomic E-state index is 12.1. The van der Waals surface area contributed by atoms with E-state index in [1.54, 1.807) is 0 Å². The third-order valence-electron chi connectivity index (χ3n) is 9.14. The normalized spacial score (nSPS) is 11.8. The smallest absolute Gasteiger partial charge is 0.148 e. The zero-order valence-electron chi connectivity index (χ0n) is 29.4. The molecule has 0 atom stereocenters. The Morgan fingerprint density at radius 3 is 2.00 bits per heavy atom. The van der Waals surface area contributed by atoms with E-state index < -0.39 is 0 Å². The minimum atomic E-state index is -0.287. The van der Waals surface area contributed by atoms with Crippen LogP contribution >= 0.6 is 0 Å². The first-order valence-corrected chi connectivity index (χ1v) is 16.9. The van der Waals surface area contributed by atoms with Crippen LogP contribution in [0.25, 0.3) is 50.5 Å². The van der Waals surface area contributed by atoms with E-state index in [1.165, 1.54) is 11.1 Å². The fourth-order valence-electron chi connectivity index (χ4n) is 6.51. The molecule has 0 saturated heterocycles. The summed E-state index contributed by atoms with van der Waals surface area (Å²) in [5, 5.41) is 12.1. The number of phenolic OH excluding ortho intramolecular Hbond substituents is 1. The van der Waals surface area contributed by atoms with Gasteiger partial charge >= 0.3 is 0 Å². The molecule has 7 rings (SSSR count). The summed E-state index contributed by atoms with van der Waals surface area (Å²) < 4.78 is 2.18. The molecule has 0 amide bonds. The Kier molecular flexibility index (Phi) is 9.71. The van der Waals surface area contributed by atoms with E-state index in [1.807, 2.05) is 48.7 Å². The summed E-state index contributed by atoms with van der Waals surface area (Å²) in [5.74, 6) is 0.959. The summed E-state index contributed by atoms with van der Waals surface area (Å²) in [7, 11) is 0. The second kappa shape index (κ2) is 13.8. The van der Waals surface area contributed by atoms with Gasteiger partial charge in [-0.1, -0.05) is 132 Å². The van der Waals surface area contributed by atoms with E-state index >= 15 is 0 Å². The quantitative estimate of drug-likeness (QED) is 0.170. The van der Waals surface area contributed by atoms with Crippen molar-refractivity contribution in [3.05, 3.63) is 156 Å². The fraction of sp³-hybridized carbons (Fsp3) is 0.200. The van der Waals surface area contributed by atoms with E-state index in [0.717, 1.165) is 56.7 Å². The van der Waals surface area contributed by atoms with Gasteiger partial charge in [0.15, 0.2) is 0 Å². The Bertz CT molecular complexity index is 2260. The molecule has 2 aromatic heterocycles. The average molecular weight is 836 g/mol. The minimum absolute atomic E-state index is 0. The van der Waals surface area contributed by atoms with Crippen LogP contribution in [0.1, 0.15) is 63.8 Å². The molecule has 0 bridgehead atoms. The summed E-state index contributed by atoms with van der Waals surface area (Å²) in [6.45, 7) is 13.1. The zero-order valence-corrected chi connectivity index (χ0v) is 31.7. The topological polar surface area (TPSA) is 50.9 Å². The minimum Gasteiger partial charge on any atom is -0.507 e. The van der Waals surface area contributed by atoms with Crippen LogP contribution in [0.5, 0.6) is 5.75 Å². The molecule has 1 N–H and O–H groups in total. The molecule has 0 aliphatic carbocycles. The number of para-hydroxylation sites is 2. The molecule has 0 unspecified atom stereocenters. The van der Waals surface area contributed by atoms with Crippen LogP contribution in [-0.4, -0.2) is 19.6 Å². The molecule has 0 aliphatic heterocycles. The van der Waals surface area contributed by atoms with Crippen molar-refractivity contribution in [3.8, 4) is 45.2 Å². The predicted octanol–water partition coefficient (Wildman–Crippen LogP) is 11.1. The molecule has 254 valence electrons. The maximum atomic E-state index is 12.1.